The molecule has 3 saturated heterocycles. The van der Waals surface area contributed by atoms with Crippen LogP contribution in [0.15, 0.2) is 36.7 Å². The van der Waals surface area contributed by atoms with Gasteiger partial charge in [-0.05, 0) is 30.2 Å². The van der Waals surface area contributed by atoms with Gasteiger partial charge in [0.2, 0.25) is 5.91 Å². The molecule has 3 fully saturated rings. The number of carbonyl (C=O) groups is 1. The number of aromatic nitrogens is 2. The van der Waals surface area contributed by atoms with Crippen LogP contribution < -0.4 is 4.74 Å². The van der Waals surface area contributed by atoms with E-state index in [1.807, 2.05) is 36.7 Å². The van der Waals surface area contributed by atoms with E-state index >= 15 is 0 Å². The van der Waals surface area contributed by atoms with E-state index in [1.54, 1.807) is 7.11 Å². The predicted molar refractivity (Wildman–Crippen MR) is 112 cm³/mol. The smallest absolute Gasteiger partial charge is 0.226 e. The summed E-state index contributed by atoms with van der Waals surface area (Å²) in [6, 6.07) is 8.03. The lowest BCUT2D eigenvalue weighted by atomic mass is 10.0. The Morgan fingerprint density at radius 2 is 1.97 bits per heavy atom. The highest BCUT2D eigenvalue weighted by atomic mass is 16.5. The van der Waals surface area contributed by atoms with Gasteiger partial charge in [-0.25, -0.2) is 9.97 Å². The number of carbonyl (C=O) groups excluding carboxylic acids is 1. The number of rotatable bonds is 5. The van der Waals surface area contributed by atoms with Crippen molar-refractivity contribution in [2.45, 2.75) is 51.0 Å². The summed E-state index contributed by atoms with van der Waals surface area (Å²) in [5, 5.41) is 0. The monoisotopic (exact) mass is 408 g/mol. The van der Waals surface area contributed by atoms with Gasteiger partial charge in [-0.1, -0.05) is 13.8 Å². The van der Waals surface area contributed by atoms with Gasteiger partial charge in [0.1, 0.15) is 5.75 Å². The minimum Gasteiger partial charge on any atom is -0.497 e. The average molecular weight is 409 g/mol. The lowest BCUT2D eigenvalue weighted by molar-refractivity contribution is -0.139. The van der Waals surface area contributed by atoms with Gasteiger partial charge in [0.05, 0.1) is 25.8 Å². The fourth-order valence-corrected chi connectivity index (χ4v) is 5.20. The van der Waals surface area contributed by atoms with Gasteiger partial charge in [-0.3, -0.25) is 9.69 Å². The van der Waals surface area contributed by atoms with Gasteiger partial charge >= 0.3 is 0 Å². The second-order valence-electron chi connectivity index (χ2n) is 8.81. The van der Waals surface area contributed by atoms with E-state index < -0.39 is 5.72 Å². The lowest BCUT2D eigenvalue weighted by Crippen LogP contribution is -2.50. The number of hydrogen-bond donors (Lipinski definition) is 0. The van der Waals surface area contributed by atoms with Crippen LogP contribution in [0.1, 0.15) is 32.3 Å². The summed E-state index contributed by atoms with van der Waals surface area (Å²) in [6.07, 6.45) is 5.18. The minimum absolute atomic E-state index is 0.106. The summed E-state index contributed by atoms with van der Waals surface area (Å²) in [5.74, 6) is 2.14. The van der Waals surface area contributed by atoms with Gasteiger partial charge in [0.25, 0.3) is 0 Å². The summed E-state index contributed by atoms with van der Waals surface area (Å²) >= 11 is 0. The molecule has 158 valence electrons. The molecule has 5 rings (SSSR count). The molecular formula is C23H28N4O3. The number of likely N-dealkylation sites (tertiary alicyclic amines) is 1. The standard InChI is InChI=1S/C23H28N4O3/c1-15(2)19-14-30-23-8-9-26(20(23)10-21(28)27(19)23)13-16-11-24-22(25-12-16)17-4-6-18(29-3)7-5-17/h4-7,11-12,15,19-20H,8-10,13-14H2,1-3H3/t19-,20+,23-/m0/s1. The van der Waals surface area contributed by atoms with Crippen molar-refractivity contribution < 1.29 is 14.3 Å². The van der Waals surface area contributed by atoms with Gasteiger partial charge < -0.3 is 14.4 Å². The molecule has 4 heterocycles. The topological polar surface area (TPSA) is 67.8 Å². The third-order valence-corrected chi connectivity index (χ3v) is 6.81. The molecule has 0 unspecified atom stereocenters. The zero-order valence-corrected chi connectivity index (χ0v) is 17.7. The third-order valence-electron chi connectivity index (χ3n) is 6.81. The van der Waals surface area contributed by atoms with Crippen molar-refractivity contribution in [1.29, 1.82) is 0 Å². The minimum atomic E-state index is -0.435. The second kappa shape index (κ2) is 7.32. The van der Waals surface area contributed by atoms with Crippen LogP contribution in [0.5, 0.6) is 5.75 Å². The van der Waals surface area contributed by atoms with Gasteiger partial charge in [-0.2, -0.15) is 0 Å². The van der Waals surface area contributed by atoms with Gasteiger partial charge in [-0.15, -0.1) is 0 Å². The number of nitrogens with zero attached hydrogens (tertiary/aromatic N) is 4. The number of methoxy groups -OCH3 is 1. The van der Waals surface area contributed by atoms with Crippen molar-refractivity contribution >= 4 is 5.91 Å². The van der Waals surface area contributed by atoms with Crippen molar-refractivity contribution in [2.24, 2.45) is 5.92 Å². The van der Waals surface area contributed by atoms with Gasteiger partial charge in [0.15, 0.2) is 11.5 Å². The molecule has 3 aliphatic heterocycles. The Kier molecular flexibility index (Phi) is 4.75. The molecule has 3 atom stereocenters. The van der Waals surface area contributed by atoms with Crippen LogP contribution in [0, 0.1) is 5.92 Å². The molecule has 0 bridgehead atoms. The van der Waals surface area contributed by atoms with Crippen molar-refractivity contribution in [3.05, 3.63) is 42.2 Å². The molecule has 7 heteroatoms. The Morgan fingerprint density at radius 3 is 2.63 bits per heavy atom. The van der Waals surface area contributed by atoms with E-state index in [1.165, 1.54) is 0 Å². The fraction of sp³-hybridized carbons (Fsp3) is 0.522. The first-order valence-electron chi connectivity index (χ1n) is 10.7. The molecule has 0 aliphatic carbocycles. The molecule has 2 aromatic rings. The molecule has 1 aromatic carbocycles. The maximum atomic E-state index is 12.8. The number of amides is 1. The number of ether oxygens (including phenoxy) is 2. The predicted octanol–water partition coefficient (Wildman–Crippen LogP) is 2.71. The molecular weight excluding hydrogens is 380 g/mol. The maximum absolute atomic E-state index is 12.8. The summed E-state index contributed by atoms with van der Waals surface area (Å²) in [6.45, 7) is 6.63. The van der Waals surface area contributed by atoms with Crippen LogP contribution in [0.4, 0.5) is 0 Å². The van der Waals surface area contributed by atoms with Crippen LogP contribution in [0.2, 0.25) is 0 Å². The Bertz CT molecular complexity index is 930. The quantitative estimate of drug-likeness (QED) is 0.758. The van der Waals surface area contributed by atoms with Crippen molar-refractivity contribution in [3.63, 3.8) is 0 Å². The highest BCUT2D eigenvalue weighted by Gasteiger charge is 2.64. The largest absolute Gasteiger partial charge is 0.497 e. The van der Waals surface area contributed by atoms with Crippen LogP contribution in [0.25, 0.3) is 11.4 Å². The summed E-state index contributed by atoms with van der Waals surface area (Å²) in [5.41, 5.74) is 1.57. The fourth-order valence-electron chi connectivity index (χ4n) is 5.20. The Labute approximate surface area is 177 Å². The molecule has 0 radical (unpaired) electrons. The average Bonchev–Trinajstić information content (AvgIpc) is 3.38. The van der Waals surface area contributed by atoms with E-state index in [0.717, 1.165) is 36.4 Å². The Balaban J connectivity index is 1.31. The van der Waals surface area contributed by atoms with Crippen molar-refractivity contribution in [3.8, 4) is 17.1 Å². The van der Waals surface area contributed by atoms with E-state index in [-0.39, 0.29) is 18.0 Å². The van der Waals surface area contributed by atoms with E-state index in [9.17, 15) is 4.79 Å². The molecule has 30 heavy (non-hydrogen) atoms. The summed E-state index contributed by atoms with van der Waals surface area (Å²) < 4.78 is 11.5. The summed E-state index contributed by atoms with van der Waals surface area (Å²) in [4.78, 5) is 26.4. The van der Waals surface area contributed by atoms with Crippen molar-refractivity contribution in [1.82, 2.24) is 19.8 Å². The lowest BCUT2D eigenvalue weighted by Gasteiger charge is -2.34. The highest BCUT2D eigenvalue weighted by Crippen LogP contribution is 2.49. The first-order valence-corrected chi connectivity index (χ1v) is 10.7. The Morgan fingerprint density at radius 1 is 1.23 bits per heavy atom. The van der Waals surface area contributed by atoms with E-state index in [0.29, 0.717) is 24.8 Å². The number of hydrogen-bond acceptors (Lipinski definition) is 6. The van der Waals surface area contributed by atoms with Crippen LogP contribution in [-0.4, -0.2) is 63.7 Å². The third kappa shape index (κ3) is 2.99. The van der Waals surface area contributed by atoms with Gasteiger partial charge in [0, 0.05) is 49.5 Å². The summed E-state index contributed by atoms with van der Waals surface area (Å²) in [7, 11) is 1.65. The van der Waals surface area contributed by atoms with Crippen molar-refractivity contribution in [2.75, 3.05) is 20.3 Å². The molecule has 3 aliphatic rings. The molecule has 0 N–H and O–H groups in total. The second-order valence-corrected chi connectivity index (χ2v) is 8.81. The van der Waals surface area contributed by atoms with E-state index in [4.69, 9.17) is 9.47 Å². The SMILES string of the molecule is COc1ccc(-c2ncc(CN3CC[C@@]45OC[C@@H](C(C)C)N4C(=O)C[C@@H]35)cn2)cc1. The molecule has 1 aromatic heterocycles. The Hall–Kier alpha value is -2.51. The maximum Gasteiger partial charge on any atom is 0.226 e. The van der Waals surface area contributed by atoms with Crippen LogP contribution >= 0.6 is 0 Å². The van der Waals surface area contributed by atoms with E-state index in [2.05, 4.69) is 33.6 Å². The zero-order valence-electron chi connectivity index (χ0n) is 17.7. The molecule has 1 amide bonds. The zero-order chi connectivity index (χ0) is 20.9. The number of benzene rings is 1. The normalized spacial score (nSPS) is 28.3. The molecule has 1 spiro atoms. The first kappa shape index (κ1) is 19.5. The van der Waals surface area contributed by atoms with Crippen LogP contribution in [-0.2, 0) is 16.1 Å². The first-order chi connectivity index (χ1) is 14.5. The van der Waals surface area contributed by atoms with Crippen LogP contribution in [0.3, 0.4) is 0 Å². The molecule has 7 nitrogen and oxygen atoms in total. The highest BCUT2D eigenvalue weighted by molar-refractivity contribution is 5.82. The molecule has 0 saturated carbocycles.